The van der Waals surface area contributed by atoms with E-state index in [1.54, 1.807) is 6.07 Å². The Labute approximate surface area is 151 Å². The van der Waals surface area contributed by atoms with Crippen LogP contribution in [0.2, 0.25) is 0 Å². The number of esters is 1. The molecule has 6 nitrogen and oxygen atoms in total. The first-order valence-electron chi connectivity index (χ1n) is 8.35. The lowest BCUT2D eigenvalue weighted by Crippen LogP contribution is -2.21. The maximum atomic E-state index is 12.1. The third kappa shape index (κ3) is 3.91. The van der Waals surface area contributed by atoms with E-state index in [0.29, 0.717) is 11.1 Å². The lowest BCUT2D eigenvalue weighted by Gasteiger charge is -2.19. The molecule has 3 rings (SSSR count). The van der Waals surface area contributed by atoms with Crippen LogP contribution in [0.15, 0.2) is 48.5 Å². The average Bonchev–Trinajstić information content (AvgIpc) is 3.03. The van der Waals surface area contributed by atoms with Gasteiger partial charge in [0.1, 0.15) is 0 Å². The number of carbonyl (C=O) groups excluding carboxylic acids is 2. The topological polar surface area (TPSA) is 84.1 Å². The molecule has 0 saturated carbocycles. The smallest absolute Gasteiger partial charge is 0.359 e. The Morgan fingerprint density at radius 2 is 1.77 bits per heavy atom. The van der Waals surface area contributed by atoms with Crippen LogP contribution in [0.1, 0.15) is 36.8 Å². The SMILES string of the molecule is CC(C)(C)c1ccc(NC(=O)COC(=O)c2n[nH]c3ccccc23)cc1. The zero-order valence-corrected chi connectivity index (χ0v) is 15.0. The molecule has 3 aromatic rings. The Balaban J connectivity index is 1.58. The predicted molar refractivity (Wildman–Crippen MR) is 100 cm³/mol. The number of aromatic amines is 1. The number of hydrogen-bond donors (Lipinski definition) is 2. The third-order valence-corrected chi connectivity index (χ3v) is 4.03. The second-order valence-electron chi connectivity index (χ2n) is 7.07. The fourth-order valence-electron chi connectivity index (χ4n) is 2.57. The summed E-state index contributed by atoms with van der Waals surface area (Å²) in [5, 5.41) is 10.1. The van der Waals surface area contributed by atoms with Gasteiger partial charge in [0.25, 0.3) is 5.91 Å². The molecule has 1 aromatic heterocycles. The highest BCUT2D eigenvalue weighted by Crippen LogP contribution is 2.23. The van der Waals surface area contributed by atoms with E-state index in [4.69, 9.17) is 4.74 Å². The maximum Gasteiger partial charge on any atom is 0.359 e. The fraction of sp³-hybridized carbons (Fsp3) is 0.250. The number of nitrogens with one attached hydrogen (secondary N) is 2. The van der Waals surface area contributed by atoms with E-state index in [1.807, 2.05) is 42.5 Å². The Hall–Kier alpha value is -3.15. The van der Waals surface area contributed by atoms with E-state index in [0.717, 1.165) is 5.52 Å². The first kappa shape index (κ1) is 17.7. The first-order valence-corrected chi connectivity index (χ1v) is 8.35. The second kappa shape index (κ2) is 7.00. The molecule has 0 radical (unpaired) electrons. The molecule has 0 unspecified atom stereocenters. The lowest BCUT2D eigenvalue weighted by molar-refractivity contribution is -0.119. The van der Waals surface area contributed by atoms with Crippen molar-refractivity contribution in [1.29, 1.82) is 0 Å². The van der Waals surface area contributed by atoms with Gasteiger partial charge < -0.3 is 10.1 Å². The summed E-state index contributed by atoms with van der Waals surface area (Å²) < 4.78 is 5.07. The van der Waals surface area contributed by atoms with Crippen LogP contribution >= 0.6 is 0 Å². The molecular weight excluding hydrogens is 330 g/mol. The van der Waals surface area contributed by atoms with E-state index < -0.39 is 11.9 Å². The number of fused-ring (bicyclic) bond motifs is 1. The van der Waals surface area contributed by atoms with Gasteiger partial charge in [0, 0.05) is 11.1 Å². The Morgan fingerprint density at radius 1 is 1.08 bits per heavy atom. The lowest BCUT2D eigenvalue weighted by atomic mass is 9.87. The molecule has 26 heavy (non-hydrogen) atoms. The van der Waals surface area contributed by atoms with Crippen molar-refractivity contribution in [3.05, 3.63) is 59.8 Å². The number of amides is 1. The van der Waals surface area contributed by atoms with Crippen LogP contribution in [0.25, 0.3) is 10.9 Å². The normalized spacial score (nSPS) is 11.3. The molecule has 1 amide bonds. The Morgan fingerprint density at radius 3 is 2.46 bits per heavy atom. The average molecular weight is 351 g/mol. The van der Waals surface area contributed by atoms with Gasteiger partial charge >= 0.3 is 5.97 Å². The number of nitrogens with zero attached hydrogens (tertiary/aromatic N) is 1. The van der Waals surface area contributed by atoms with Crippen LogP contribution in [0.4, 0.5) is 5.69 Å². The summed E-state index contributed by atoms with van der Waals surface area (Å²) >= 11 is 0. The molecule has 0 spiro atoms. The predicted octanol–water partition coefficient (Wildman–Crippen LogP) is 3.66. The van der Waals surface area contributed by atoms with Gasteiger partial charge in [-0.25, -0.2) is 4.79 Å². The van der Waals surface area contributed by atoms with Crippen molar-refractivity contribution in [2.75, 3.05) is 11.9 Å². The number of aromatic nitrogens is 2. The fourth-order valence-corrected chi connectivity index (χ4v) is 2.57. The van der Waals surface area contributed by atoms with Gasteiger partial charge in [-0.2, -0.15) is 5.10 Å². The van der Waals surface area contributed by atoms with Crippen LogP contribution in [0.5, 0.6) is 0 Å². The van der Waals surface area contributed by atoms with Gasteiger partial charge in [0.15, 0.2) is 12.3 Å². The molecular formula is C20H21N3O3. The first-order chi connectivity index (χ1) is 12.3. The third-order valence-electron chi connectivity index (χ3n) is 4.03. The minimum atomic E-state index is -0.638. The van der Waals surface area contributed by atoms with Gasteiger partial charge in [-0.1, -0.05) is 51.1 Å². The van der Waals surface area contributed by atoms with Crippen LogP contribution in [-0.4, -0.2) is 28.7 Å². The van der Waals surface area contributed by atoms with Crippen molar-refractivity contribution in [2.24, 2.45) is 0 Å². The van der Waals surface area contributed by atoms with Crippen molar-refractivity contribution in [3.8, 4) is 0 Å². The zero-order chi connectivity index (χ0) is 18.7. The van der Waals surface area contributed by atoms with Gasteiger partial charge in [-0.15, -0.1) is 0 Å². The van der Waals surface area contributed by atoms with E-state index in [9.17, 15) is 9.59 Å². The number of rotatable bonds is 4. The van der Waals surface area contributed by atoms with E-state index in [1.165, 1.54) is 5.56 Å². The number of carbonyl (C=O) groups is 2. The summed E-state index contributed by atoms with van der Waals surface area (Å²) in [4.78, 5) is 24.2. The minimum Gasteiger partial charge on any atom is -0.451 e. The monoisotopic (exact) mass is 351 g/mol. The van der Waals surface area contributed by atoms with E-state index in [-0.39, 0.29) is 17.7 Å². The van der Waals surface area contributed by atoms with Gasteiger partial charge in [-0.05, 0) is 29.2 Å². The maximum absolute atomic E-state index is 12.1. The number of ether oxygens (including phenoxy) is 1. The molecule has 2 aromatic carbocycles. The number of hydrogen-bond acceptors (Lipinski definition) is 4. The Bertz CT molecular complexity index is 937. The molecule has 1 heterocycles. The van der Waals surface area contributed by atoms with Crippen LogP contribution in [0, 0.1) is 0 Å². The highest BCUT2D eigenvalue weighted by molar-refractivity contribution is 6.03. The summed E-state index contributed by atoms with van der Waals surface area (Å²) in [5.41, 5.74) is 2.78. The molecule has 0 bridgehead atoms. The summed E-state index contributed by atoms with van der Waals surface area (Å²) in [7, 11) is 0. The van der Waals surface area contributed by atoms with Crippen molar-refractivity contribution in [1.82, 2.24) is 10.2 Å². The van der Waals surface area contributed by atoms with Crippen LogP contribution in [-0.2, 0) is 14.9 Å². The molecule has 0 fully saturated rings. The zero-order valence-electron chi connectivity index (χ0n) is 15.0. The van der Waals surface area contributed by atoms with Gasteiger partial charge in [-0.3, -0.25) is 9.89 Å². The molecule has 0 aliphatic heterocycles. The van der Waals surface area contributed by atoms with Crippen molar-refractivity contribution in [2.45, 2.75) is 26.2 Å². The van der Waals surface area contributed by atoms with Crippen molar-refractivity contribution in [3.63, 3.8) is 0 Å². The van der Waals surface area contributed by atoms with Crippen molar-refractivity contribution < 1.29 is 14.3 Å². The molecule has 0 atom stereocenters. The van der Waals surface area contributed by atoms with E-state index >= 15 is 0 Å². The highest BCUT2D eigenvalue weighted by atomic mass is 16.5. The molecule has 134 valence electrons. The largest absolute Gasteiger partial charge is 0.451 e. The van der Waals surface area contributed by atoms with Gasteiger partial charge in [0.05, 0.1) is 5.52 Å². The van der Waals surface area contributed by atoms with E-state index in [2.05, 4.69) is 36.3 Å². The summed E-state index contributed by atoms with van der Waals surface area (Å²) in [6, 6.07) is 14.8. The standard InChI is InChI=1S/C20H21N3O3/c1-20(2,3)13-8-10-14(11-9-13)21-17(24)12-26-19(25)18-15-6-4-5-7-16(15)22-23-18/h4-11H,12H2,1-3H3,(H,21,24)(H,22,23). The second-order valence-corrected chi connectivity index (χ2v) is 7.07. The van der Waals surface area contributed by atoms with Crippen molar-refractivity contribution >= 4 is 28.5 Å². The summed E-state index contributed by atoms with van der Waals surface area (Å²) in [5.74, 6) is -1.04. The molecule has 6 heteroatoms. The summed E-state index contributed by atoms with van der Waals surface area (Å²) in [6.45, 7) is 6.00. The molecule has 0 aliphatic rings. The minimum absolute atomic E-state index is 0.0460. The Kier molecular flexibility index (Phi) is 4.75. The summed E-state index contributed by atoms with van der Waals surface area (Å²) in [6.07, 6.45) is 0. The molecule has 0 aliphatic carbocycles. The number of H-pyrrole nitrogens is 1. The number of para-hydroxylation sites is 1. The molecule has 2 N–H and O–H groups in total. The number of benzene rings is 2. The number of anilines is 1. The molecule has 0 saturated heterocycles. The van der Waals surface area contributed by atoms with Gasteiger partial charge in [0.2, 0.25) is 0 Å². The van der Waals surface area contributed by atoms with Crippen LogP contribution < -0.4 is 5.32 Å². The quantitative estimate of drug-likeness (QED) is 0.703. The van der Waals surface area contributed by atoms with Crippen LogP contribution in [0.3, 0.4) is 0 Å². The highest BCUT2D eigenvalue weighted by Gasteiger charge is 2.17.